The molecule has 12 N–H and O–H groups in total. The maximum Gasteiger partial charge on any atom is 0.326 e. The van der Waals surface area contributed by atoms with E-state index in [0.29, 0.717) is 0 Å². The first kappa shape index (κ1) is 32.3. The van der Waals surface area contributed by atoms with Gasteiger partial charge in [-0.25, -0.2) is 4.79 Å². The minimum atomic E-state index is -1.88. The number of aliphatic imine (C=N–C) groups is 1. The molecule has 1 aromatic rings. The molecule has 16 nitrogen and oxygen atoms in total. The number of amides is 3. The normalized spacial score (nSPS) is 13.6. The molecule has 1 rings (SSSR count). The molecule has 4 unspecified atom stereocenters. The molecule has 1 aromatic carbocycles. The number of carbonyl (C=O) groups excluding carboxylic acids is 3. The molecule has 16 heteroatoms. The summed E-state index contributed by atoms with van der Waals surface area (Å²) in [7, 11) is 0. The van der Waals surface area contributed by atoms with Gasteiger partial charge in [-0.3, -0.25) is 29.0 Å². The van der Waals surface area contributed by atoms with Gasteiger partial charge >= 0.3 is 17.9 Å². The van der Waals surface area contributed by atoms with Crippen molar-refractivity contribution in [2.24, 2.45) is 22.2 Å². The highest BCUT2D eigenvalue weighted by Crippen LogP contribution is 2.06. The third-order valence-electron chi connectivity index (χ3n) is 5.22. The summed E-state index contributed by atoms with van der Waals surface area (Å²) in [5.41, 5.74) is 17.3. The van der Waals surface area contributed by atoms with Gasteiger partial charge in [0.05, 0.1) is 18.9 Å². The summed E-state index contributed by atoms with van der Waals surface area (Å²) in [5, 5.41) is 33.7. The van der Waals surface area contributed by atoms with Crippen molar-refractivity contribution in [3.8, 4) is 0 Å². The zero-order valence-corrected chi connectivity index (χ0v) is 20.9. The number of benzene rings is 1. The van der Waals surface area contributed by atoms with Gasteiger partial charge in [-0.15, -0.1) is 0 Å². The molecule has 0 fully saturated rings. The number of hydrogen-bond donors (Lipinski definition) is 9. The molecule has 0 aliphatic rings. The highest BCUT2D eigenvalue weighted by molar-refractivity contribution is 5.96. The van der Waals surface area contributed by atoms with E-state index in [9.17, 15) is 33.9 Å². The Hall–Kier alpha value is -4.73. The summed E-state index contributed by atoms with van der Waals surface area (Å²) in [5.74, 6) is -7.83. The Bertz CT molecular complexity index is 1060. The number of guanidine groups is 1. The highest BCUT2D eigenvalue weighted by atomic mass is 16.4. The van der Waals surface area contributed by atoms with E-state index in [0.717, 1.165) is 5.56 Å². The topological polar surface area (TPSA) is 290 Å². The molecular formula is C23H33N7O9. The second kappa shape index (κ2) is 16.2. The Labute approximate surface area is 223 Å². The first-order chi connectivity index (χ1) is 18.3. The zero-order valence-electron chi connectivity index (χ0n) is 20.9. The maximum atomic E-state index is 13.0. The van der Waals surface area contributed by atoms with Crippen molar-refractivity contribution >= 4 is 41.6 Å². The maximum absolute atomic E-state index is 13.0. The summed E-state index contributed by atoms with van der Waals surface area (Å²) in [6, 6.07) is 2.81. The largest absolute Gasteiger partial charge is 0.481 e. The summed E-state index contributed by atoms with van der Waals surface area (Å²) in [4.78, 5) is 75.7. The summed E-state index contributed by atoms with van der Waals surface area (Å²) in [6.45, 7) is 0.0899. The molecule has 214 valence electrons. The molecule has 39 heavy (non-hydrogen) atoms. The molecule has 3 amide bonds. The number of carboxylic acids is 3. The number of nitrogens with one attached hydrogen (secondary N) is 3. The second-order valence-electron chi connectivity index (χ2n) is 8.46. The number of carbonyl (C=O) groups is 6. The van der Waals surface area contributed by atoms with E-state index in [1.807, 2.05) is 5.32 Å². The van der Waals surface area contributed by atoms with Crippen molar-refractivity contribution in [1.29, 1.82) is 0 Å². The molecule has 0 radical (unpaired) electrons. The lowest BCUT2D eigenvalue weighted by molar-refractivity contribution is -0.148. The van der Waals surface area contributed by atoms with E-state index in [4.69, 9.17) is 27.4 Å². The van der Waals surface area contributed by atoms with Crippen LogP contribution in [0.1, 0.15) is 31.2 Å². The van der Waals surface area contributed by atoms with E-state index in [-0.39, 0.29) is 31.8 Å². The molecule has 0 heterocycles. The van der Waals surface area contributed by atoms with Gasteiger partial charge in [-0.05, 0) is 24.8 Å². The third-order valence-corrected chi connectivity index (χ3v) is 5.22. The fourth-order valence-electron chi connectivity index (χ4n) is 3.32. The van der Waals surface area contributed by atoms with E-state index < -0.39 is 72.6 Å². The minimum absolute atomic E-state index is 0.0371. The van der Waals surface area contributed by atoms with Crippen molar-refractivity contribution < 1.29 is 44.1 Å². The summed E-state index contributed by atoms with van der Waals surface area (Å²) < 4.78 is 0. The van der Waals surface area contributed by atoms with E-state index in [1.54, 1.807) is 30.3 Å². The average Bonchev–Trinajstić information content (AvgIpc) is 2.84. The SMILES string of the molecule is NC(N)=NCCCC(NC(=O)C(N)Cc1ccccc1)C(=O)NC(CC(=O)O)C(=O)NC(CC(=O)O)C(=O)O. The first-order valence-corrected chi connectivity index (χ1v) is 11.7. The second-order valence-corrected chi connectivity index (χ2v) is 8.46. The van der Waals surface area contributed by atoms with Gasteiger partial charge < -0.3 is 48.5 Å². The van der Waals surface area contributed by atoms with E-state index >= 15 is 0 Å². The van der Waals surface area contributed by atoms with Crippen LogP contribution in [0, 0.1) is 0 Å². The predicted molar refractivity (Wildman–Crippen MR) is 136 cm³/mol. The first-order valence-electron chi connectivity index (χ1n) is 11.7. The van der Waals surface area contributed by atoms with Gasteiger partial charge in [-0.2, -0.15) is 0 Å². The number of rotatable bonds is 17. The lowest BCUT2D eigenvalue weighted by Gasteiger charge is -2.24. The molecule has 0 aliphatic heterocycles. The molecule has 0 saturated heterocycles. The fourth-order valence-corrected chi connectivity index (χ4v) is 3.32. The number of nitrogens with two attached hydrogens (primary N) is 3. The minimum Gasteiger partial charge on any atom is -0.481 e. The van der Waals surface area contributed by atoms with E-state index in [1.165, 1.54) is 0 Å². The Morgan fingerprint density at radius 3 is 1.82 bits per heavy atom. The van der Waals surface area contributed by atoms with Crippen molar-refractivity contribution in [3.05, 3.63) is 35.9 Å². The van der Waals surface area contributed by atoms with Crippen molar-refractivity contribution in [3.63, 3.8) is 0 Å². The average molecular weight is 552 g/mol. The fraction of sp³-hybridized carbons (Fsp3) is 0.435. The Balaban J connectivity index is 3.04. The van der Waals surface area contributed by atoms with Gasteiger partial charge in [0, 0.05) is 6.54 Å². The van der Waals surface area contributed by atoms with Crippen molar-refractivity contribution in [1.82, 2.24) is 16.0 Å². The van der Waals surface area contributed by atoms with Gasteiger partial charge in [0.15, 0.2) is 5.96 Å². The molecule has 0 aliphatic carbocycles. The lowest BCUT2D eigenvalue weighted by atomic mass is 10.0. The van der Waals surface area contributed by atoms with Gasteiger partial charge in [-0.1, -0.05) is 30.3 Å². The van der Waals surface area contributed by atoms with Crippen LogP contribution >= 0.6 is 0 Å². The highest BCUT2D eigenvalue weighted by Gasteiger charge is 2.32. The molecule has 0 aromatic heterocycles. The van der Waals surface area contributed by atoms with Crippen molar-refractivity contribution in [2.75, 3.05) is 6.54 Å². The van der Waals surface area contributed by atoms with Crippen LogP contribution in [0.2, 0.25) is 0 Å². The lowest BCUT2D eigenvalue weighted by Crippen LogP contribution is -2.57. The Morgan fingerprint density at radius 1 is 0.769 bits per heavy atom. The quantitative estimate of drug-likeness (QED) is 0.0535. The number of hydrogen-bond acceptors (Lipinski definition) is 8. The molecule has 0 saturated carbocycles. The summed E-state index contributed by atoms with van der Waals surface area (Å²) >= 11 is 0. The van der Waals surface area contributed by atoms with Gasteiger partial charge in [0.25, 0.3) is 0 Å². The van der Waals surface area contributed by atoms with Crippen LogP contribution < -0.4 is 33.2 Å². The zero-order chi connectivity index (χ0) is 29.5. The van der Waals surface area contributed by atoms with Gasteiger partial charge in [0.1, 0.15) is 18.1 Å². The van der Waals surface area contributed by atoms with Crippen LogP contribution in [0.15, 0.2) is 35.3 Å². The van der Waals surface area contributed by atoms with Crippen LogP contribution in [0.3, 0.4) is 0 Å². The molecule has 4 atom stereocenters. The molecular weight excluding hydrogens is 518 g/mol. The standard InChI is InChI=1S/C23H33N7O9/c24-13(9-12-5-2-1-3-6-12)19(35)28-14(7-4-8-27-23(25)26)20(36)29-15(10-17(31)32)21(37)30-16(22(38)39)11-18(33)34/h1-3,5-6,13-16H,4,7-11,24H2,(H,28,35)(H,29,36)(H,30,37)(H,31,32)(H,33,34)(H,38,39)(H4,25,26,27). The third kappa shape index (κ3) is 12.9. The number of aliphatic carboxylic acids is 3. The van der Waals surface area contributed by atoms with Crippen LogP contribution in [0.4, 0.5) is 0 Å². The predicted octanol–water partition coefficient (Wildman–Crippen LogP) is -2.90. The summed E-state index contributed by atoms with van der Waals surface area (Å²) in [6.07, 6.45) is -1.64. The van der Waals surface area contributed by atoms with Crippen molar-refractivity contribution in [2.45, 2.75) is 56.3 Å². The Morgan fingerprint density at radius 2 is 1.28 bits per heavy atom. The van der Waals surface area contributed by atoms with E-state index in [2.05, 4.69) is 15.6 Å². The monoisotopic (exact) mass is 551 g/mol. The number of nitrogens with zero attached hydrogens (tertiary/aromatic N) is 1. The van der Waals surface area contributed by atoms with Gasteiger partial charge in [0.2, 0.25) is 17.7 Å². The Kier molecular flexibility index (Phi) is 13.4. The smallest absolute Gasteiger partial charge is 0.326 e. The van der Waals surface area contributed by atoms with Crippen LogP contribution in [-0.4, -0.2) is 87.6 Å². The van der Waals surface area contributed by atoms with Crippen LogP contribution in [-0.2, 0) is 35.2 Å². The van der Waals surface area contributed by atoms with Crippen LogP contribution in [0.25, 0.3) is 0 Å². The van der Waals surface area contributed by atoms with Crippen LogP contribution in [0.5, 0.6) is 0 Å². The molecule has 0 spiro atoms. The molecule has 0 bridgehead atoms. The number of carboxylic acid groups (broad SMARTS) is 3.